The van der Waals surface area contributed by atoms with E-state index in [1.54, 1.807) is 24.3 Å². The largest absolute Gasteiger partial charge is 0.491 e. The minimum atomic E-state index is 0.0491. The summed E-state index contributed by atoms with van der Waals surface area (Å²) >= 11 is 0. The molecular formula is C17H14N2O2. The van der Waals surface area contributed by atoms with E-state index in [1.807, 2.05) is 30.3 Å². The number of fused-ring (bicyclic) bond motifs is 1. The molecule has 21 heavy (non-hydrogen) atoms. The SMILES string of the molecule is CN1C(=O)CCOc2ccc(C#Cc3ccncc3)cc21. The van der Waals surface area contributed by atoms with Gasteiger partial charge in [-0.15, -0.1) is 0 Å². The van der Waals surface area contributed by atoms with Gasteiger partial charge in [-0.25, -0.2) is 0 Å². The van der Waals surface area contributed by atoms with Crippen LogP contribution in [0.1, 0.15) is 17.5 Å². The van der Waals surface area contributed by atoms with Crippen molar-refractivity contribution in [2.24, 2.45) is 0 Å². The van der Waals surface area contributed by atoms with Crippen LogP contribution in [0.4, 0.5) is 5.69 Å². The Labute approximate surface area is 123 Å². The van der Waals surface area contributed by atoms with Crippen molar-refractivity contribution in [3.05, 3.63) is 53.9 Å². The number of hydrogen-bond donors (Lipinski definition) is 0. The molecule has 0 bridgehead atoms. The summed E-state index contributed by atoms with van der Waals surface area (Å²) in [5.41, 5.74) is 2.51. The summed E-state index contributed by atoms with van der Waals surface area (Å²) in [5, 5.41) is 0. The highest BCUT2D eigenvalue weighted by Crippen LogP contribution is 2.31. The first-order valence-electron chi connectivity index (χ1n) is 6.69. The van der Waals surface area contributed by atoms with E-state index < -0.39 is 0 Å². The van der Waals surface area contributed by atoms with Crippen molar-refractivity contribution in [3.63, 3.8) is 0 Å². The predicted molar refractivity (Wildman–Crippen MR) is 80.2 cm³/mol. The molecule has 0 atom stereocenters. The molecule has 2 aromatic rings. The molecule has 4 heteroatoms. The lowest BCUT2D eigenvalue weighted by atomic mass is 10.1. The molecule has 104 valence electrons. The molecule has 1 aliphatic rings. The average Bonchev–Trinajstić information content (AvgIpc) is 2.66. The van der Waals surface area contributed by atoms with E-state index in [4.69, 9.17) is 4.74 Å². The van der Waals surface area contributed by atoms with Crippen molar-refractivity contribution in [2.45, 2.75) is 6.42 Å². The van der Waals surface area contributed by atoms with Gasteiger partial charge < -0.3 is 9.64 Å². The lowest BCUT2D eigenvalue weighted by molar-refractivity contribution is -0.118. The number of benzene rings is 1. The molecule has 0 fully saturated rings. The third kappa shape index (κ3) is 2.87. The smallest absolute Gasteiger partial charge is 0.230 e. The molecule has 0 aliphatic carbocycles. The van der Waals surface area contributed by atoms with Crippen molar-refractivity contribution < 1.29 is 9.53 Å². The summed E-state index contributed by atoms with van der Waals surface area (Å²) in [6.45, 7) is 0.415. The van der Waals surface area contributed by atoms with Gasteiger partial charge in [0.1, 0.15) is 5.75 Å². The Morgan fingerprint density at radius 1 is 1.14 bits per heavy atom. The summed E-state index contributed by atoms with van der Waals surface area (Å²) in [6.07, 6.45) is 3.81. The number of carbonyl (C=O) groups is 1. The monoisotopic (exact) mass is 278 g/mol. The fourth-order valence-corrected chi connectivity index (χ4v) is 2.11. The Morgan fingerprint density at radius 3 is 2.71 bits per heavy atom. The molecule has 0 radical (unpaired) electrons. The Balaban J connectivity index is 1.94. The number of aromatic nitrogens is 1. The Hall–Kier alpha value is -2.80. The molecular weight excluding hydrogens is 264 g/mol. The van der Waals surface area contributed by atoms with Crippen LogP contribution in [0.2, 0.25) is 0 Å². The summed E-state index contributed by atoms with van der Waals surface area (Å²) < 4.78 is 5.59. The number of hydrogen-bond acceptors (Lipinski definition) is 3. The molecule has 0 spiro atoms. The fourth-order valence-electron chi connectivity index (χ4n) is 2.11. The van der Waals surface area contributed by atoms with Gasteiger partial charge in [0.05, 0.1) is 18.7 Å². The maximum Gasteiger partial charge on any atom is 0.230 e. The topological polar surface area (TPSA) is 42.4 Å². The number of anilines is 1. The number of nitrogens with zero attached hydrogens (tertiary/aromatic N) is 2. The number of rotatable bonds is 0. The van der Waals surface area contributed by atoms with Crippen LogP contribution in [-0.4, -0.2) is 24.5 Å². The molecule has 1 aromatic carbocycles. The third-order valence-corrected chi connectivity index (χ3v) is 3.30. The zero-order valence-corrected chi connectivity index (χ0v) is 11.7. The van der Waals surface area contributed by atoms with Gasteiger partial charge in [0, 0.05) is 30.6 Å². The zero-order chi connectivity index (χ0) is 14.7. The van der Waals surface area contributed by atoms with E-state index in [0.29, 0.717) is 13.0 Å². The Morgan fingerprint density at radius 2 is 1.90 bits per heavy atom. The van der Waals surface area contributed by atoms with Gasteiger partial charge in [-0.1, -0.05) is 11.8 Å². The van der Waals surface area contributed by atoms with E-state index in [2.05, 4.69) is 16.8 Å². The average molecular weight is 278 g/mol. The zero-order valence-electron chi connectivity index (χ0n) is 11.7. The van der Waals surface area contributed by atoms with Crippen LogP contribution in [-0.2, 0) is 4.79 Å². The standard InChI is InChI=1S/C17H14N2O2/c1-19-15-12-14(3-2-13-6-9-18-10-7-13)4-5-16(15)21-11-8-17(19)20/h4-7,9-10,12H,8,11H2,1H3. The molecule has 0 saturated heterocycles. The van der Waals surface area contributed by atoms with Crippen molar-refractivity contribution >= 4 is 11.6 Å². The first-order chi connectivity index (χ1) is 10.2. The van der Waals surface area contributed by atoms with Gasteiger partial charge in [-0.2, -0.15) is 0 Å². The molecule has 2 heterocycles. The van der Waals surface area contributed by atoms with Crippen LogP contribution < -0.4 is 9.64 Å². The summed E-state index contributed by atoms with van der Waals surface area (Å²) in [4.78, 5) is 17.5. The van der Waals surface area contributed by atoms with E-state index in [-0.39, 0.29) is 5.91 Å². The van der Waals surface area contributed by atoms with E-state index in [0.717, 1.165) is 22.6 Å². The van der Waals surface area contributed by atoms with Gasteiger partial charge >= 0.3 is 0 Å². The van der Waals surface area contributed by atoms with Gasteiger partial charge in [-0.05, 0) is 30.3 Å². The summed E-state index contributed by atoms with van der Waals surface area (Å²) in [5.74, 6) is 6.94. The maximum absolute atomic E-state index is 11.9. The summed E-state index contributed by atoms with van der Waals surface area (Å²) in [6, 6.07) is 9.36. The van der Waals surface area contributed by atoms with E-state index in [1.165, 1.54) is 0 Å². The van der Waals surface area contributed by atoms with Crippen LogP contribution in [0.25, 0.3) is 0 Å². The highest BCUT2D eigenvalue weighted by molar-refractivity contribution is 5.95. The van der Waals surface area contributed by atoms with Crippen molar-refractivity contribution in [2.75, 3.05) is 18.6 Å². The van der Waals surface area contributed by atoms with Crippen LogP contribution >= 0.6 is 0 Å². The second-order valence-corrected chi connectivity index (χ2v) is 4.72. The molecule has 1 aromatic heterocycles. The van der Waals surface area contributed by atoms with Crippen molar-refractivity contribution in [3.8, 4) is 17.6 Å². The molecule has 4 nitrogen and oxygen atoms in total. The predicted octanol–water partition coefficient (Wildman–Crippen LogP) is 2.23. The number of pyridine rings is 1. The molecule has 3 rings (SSSR count). The van der Waals surface area contributed by atoms with Crippen molar-refractivity contribution in [1.82, 2.24) is 4.98 Å². The minimum absolute atomic E-state index is 0.0491. The molecule has 0 saturated carbocycles. The lowest BCUT2D eigenvalue weighted by Gasteiger charge is -2.16. The first-order valence-corrected chi connectivity index (χ1v) is 6.69. The van der Waals surface area contributed by atoms with Gasteiger partial charge in [0.25, 0.3) is 0 Å². The number of amides is 1. The van der Waals surface area contributed by atoms with Gasteiger partial charge in [-0.3, -0.25) is 9.78 Å². The first kappa shape index (κ1) is 13.2. The number of ether oxygens (including phenoxy) is 1. The molecule has 0 unspecified atom stereocenters. The van der Waals surface area contributed by atoms with Crippen molar-refractivity contribution in [1.29, 1.82) is 0 Å². The van der Waals surface area contributed by atoms with E-state index >= 15 is 0 Å². The highest BCUT2D eigenvalue weighted by atomic mass is 16.5. The Bertz CT molecular complexity index is 729. The highest BCUT2D eigenvalue weighted by Gasteiger charge is 2.19. The van der Waals surface area contributed by atoms with Gasteiger partial charge in [0.2, 0.25) is 5.91 Å². The van der Waals surface area contributed by atoms with Crippen LogP contribution in [0.15, 0.2) is 42.7 Å². The van der Waals surface area contributed by atoms with Gasteiger partial charge in [0.15, 0.2) is 0 Å². The van der Waals surface area contributed by atoms with Crippen LogP contribution in [0, 0.1) is 11.8 Å². The fraction of sp³-hybridized carbons (Fsp3) is 0.176. The minimum Gasteiger partial charge on any atom is -0.491 e. The second kappa shape index (κ2) is 5.68. The molecule has 1 amide bonds. The Kier molecular flexibility index (Phi) is 3.57. The molecule has 1 aliphatic heterocycles. The maximum atomic E-state index is 11.9. The molecule has 0 N–H and O–H groups in total. The van der Waals surface area contributed by atoms with E-state index in [9.17, 15) is 4.79 Å². The normalized spacial score (nSPS) is 13.6. The van der Waals surface area contributed by atoms with Crippen LogP contribution in [0.5, 0.6) is 5.75 Å². The lowest BCUT2D eigenvalue weighted by Crippen LogP contribution is -2.25. The second-order valence-electron chi connectivity index (χ2n) is 4.72. The quantitative estimate of drug-likeness (QED) is 0.694. The summed E-state index contributed by atoms with van der Waals surface area (Å²) in [7, 11) is 1.76. The third-order valence-electron chi connectivity index (χ3n) is 3.30. The van der Waals surface area contributed by atoms with Crippen LogP contribution in [0.3, 0.4) is 0 Å². The number of carbonyl (C=O) groups excluding carboxylic acids is 1.